The summed E-state index contributed by atoms with van der Waals surface area (Å²) >= 11 is 11.4. The number of carbonyl (C=O) groups is 2. The van der Waals surface area contributed by atoms with Gasteiger partial charge >= 0.3 is 5.97 Å². The first kappa shape index (κ1) is 17.2. The van der Waals surface area contributed by atoms with E-state index in [2.05, 4.69) is 10.5 Å². The van der Waals surface area contributed by atoms with Gasteiger partial charge in [0.05, 0.1) is 15.6 Å². The molecule has 0 radical (unpaired) electrons. The lowest BCUT2D eigenvalue weighted by Gasteiger charge is -2.13. The molecule has 0 spiro atoms. The summed E-state index contributed by atoms with van der Waals surface area (Å²) in [5.74, 6) is -1.71. The molecule has 0 fully saturated rings. The maximum atomic E-state index is 13.4. The number of ether oxygens (including phenoxy) is 1. The number of anilines is 1. The molecule has 1 unspecified atom stereocenters. The molecule has 2 rings (SSSR count). The van der Waals surface area contributed by atoms with Crippen molar-refractivity contribution in [3.63, 3.8) is 0 Å². The van der Waals surface area contributed by atoms with Crippen molar-refractivity contribution < 1.29 is 23.2 Å². The Hall–Kier alpha value is -2.12. The molecule has 23 heavy (non-hydrogen) atoms. The van der Waals surface area contributed by atoms with Crippen molar-refractivity contribution in [3.8, 4) is 0 Å². The maximum absolute atomic E-state index is 13.4. The summed E-state index contributed by atoms with van der Waals surface area (Å²) in [5.41, 5.74) is -0.231. The van der Waals surface area contributed by atoms with Crippen molar-refractivity contribution in [1.29, 1.82) is 0 Å². The minimum absolute atomic E-state index is 0.0823. The first-order valence-electron chi connectivity index (χ1n) is 6.37. The van der Waals surface area contributed by atoms with E-state index in [9.17, 15) is 14.0 Å². The zero-order chi connectivity index (χ0) is 17.1. The van der Waals surface area contributed by atoms with Crippen LogP contribution in [0.25, 0.3) is 0 Å². The maximum Gasteiger partial charge on any atom is 0.340 e. The van der Waals surface area contributed by atoms with Crippen LogP contribution in [-0.2, 0) is 9.53 Å². The molecule has 6 nitrogen and oxygen atoms in total. The summed E-state index contributed by atoms with van der Waals surface area (Å²) in [5, 5.41) is 5.68. The lowest BCUT2D eigenvalue weighted by atomic mass is 10.2. The van der Waals surface area contributed by atoms with Gasteiger partial charge in [-0.25, -0.2) is 9.18 Å². The van der Waals surface area contributed by atoms with E-state index in [1.807, 2.05) is 0 Å². The molecule has 0 aliphatic rings. The van der Waals surface area contributed by atoms with Crippen molar-refractivity contribution in [2.24, 2.45) is 0 Å². The number of benzene rings is 1. The summed E-state index contributed by atoms with van der Waals surface area (Å²) in [7, 11) is 0. The van der Waals surface area contributed by atoms with E-state index >= 15 is 0 Å². The molecule has 1 aromatic carbocycles. The third-order valence-corrected chi connectivity index (χ3v) is 3.36. The van der Waals surface area contributed by atoms with Crippen molar-refractivity contribution in [3.05, 3.63) is 45.4 Å². The van der Waals surface area contributed by atoms with Crippen LogP contribution in [-0.4, -0.2) is 23.1 Å². The summed E-state index contributed by atoms with van der Waals surface area (Å²) < 4.78 is 23.1. The normalized spacial score (nSPS) is 11.9. The second-order valence-electron chi connectivity index (χ2n) is 4.61. The van der Waals surface area contributed by atoms with Crippen molar-refractivity contribution in [1.82, 2.24) is 5.16 Å². The number of aromatic nitrogens is 1. The van der Waals surface area contributed by atoms with Crippen molar-refractivity contribution in [2.75, 3.05) is 5.32 Å². The Morgan fingerprint density at radius 3 is 2.61 bits per heavy atom. The molecule has 1 amide bonds. The average molecular weight is 361 g/mol. The first-order valence-corrected chi connectivity index (χ1v) is 7.13. The Morgan fingerprint density at radius 1 is 1.30 bits per heavy atom. The van der Waals surface area contributed by atoms with E-state index < -0.39 is 23.8 Å². The van der Waals surface area contributed by atoms with Crippen LogP contribution in [0.3, 0.4) is 0 Å². The highest BCUT2D eigenvalue weighted by Gasteiger charge is 2.22. The van der Waals surface area contributed by atoms with Crippen LogP contribution < -0.4 is 5.32 Å². The highest BCUT2D eigenvalue weighted by Crippen LogP contribution is 2.25. The predicted molar refractivity (Wildman–Crippen MR) is 81.2 cm³/mol. The molecule has 9 heteroatoms. The van der Waals surface area contributed by atoms with Gasteiger partial charge in [0, 0.05) is 6.07 Å². The minimum Gasteiger partial charge on any atom is -0.449 e. The first-order chi connectivity index (χ1) is 10.8. The molecule has 0 saturated heterocycles. The number of amides is 1. The van der Waals surface area contributed by atoms with Crippen LogP contribution in [0.4, 0.5) is 10.2 Å². The standard InChI is InChI=1S/C14H11Cl2FN2O4/c1-6-3-12(19-23-6)18-13(20)7(2)22-14(21)8-4-11(17)10(16)5-9(8)15/h3-5,7H,1-2H3,(H,18,19,20). The minimum atomic E-state index is -1.16. The summed E-state index contributed by atoms with van der Waals surface area (Å²) in [6, 6.07) is 3.43. The van der Waals surface area contributed by atoms with Gasteiger partial charge in [0.1, 0.15) is 11.6 Å². The van der Waals surface area contributed by atoms with Gasteiger partial charge in [-0.05, 0) is 26.0 Å². The highest BCUT2D eigenvalue weighted by molar-refractivity contribution is 6.36. The highest BCUT2D eigenvalue weighted by atomic mass is 35.5. The second kappa shape index (κ2) is 6.97. The topological polar surface area (TPSA) is 81.4 Å². The zero-order valence-electron chi connectivity index (χ0n) is 12.0. The summed E-state index contributed by atoms with van der Waals surface area (Å²) in [6.07, 6.45) is -1.16. The molecule has 0 bridgehead atoms. The Labute approximate surface area is 140 Å². The average Bonchev–Trinajstić information content (AvgIpc) is 2.87. The van der Waals surface area contributed by atoms with Gasteiger partial charge in [-0.3, -0.25) is 4.79 Å². The van der Waals surface area contributed by atoms with E-state index in [-0.39, 0.29) is 21.4 Å². The third-order valence-electron chi connectivity index (χ3n) is 2.76. The van der Waals surface area contributed by atoms with E-state index in [4.69, 9.17) is 32.5 Å². The van der Waals surface area contributed by atoms with Gasteiger partial charge in [-0.15, -0.1) is 0 Å². The van der Waals surface area contributed by atoms with Gasteiger partial charge in [0.15, 0.2) is 11.9 Å². The van der Waals surface area contributed by atoms with Gasteiger partial charge in [0.2, 0.25) is 0 Å². The quantitative estimate of drug-likeness (QED) is 0.665. The van der Waals surface area contributed by atoms with Crippen LogP contribution in [0.5, 0.6) is 0 Å². The monoisotopic (exact) mass is 360 g/mol. The fourth-order valence-electron chi connectivity index (χ4n) is 1.61. The smallest absolute Gasteiger partial charge is 0.340 e. The van der Waals surface area contributed by atoms with Crippen LogP contribution in [0.2, 0.25) is 10.0 Å². The molecule has 1 aromatic heterocycles. The molecule has 0 aliphatic heterocycles. The van der Waals surface area contributed by atoms with Gasteiger partial charge < -0.3 is 14.6 Å². The van der Waals surface area contributed by atoms with E-state index in [1.54, 1.807) is 6.92 Å². The summed E-state index contributed by atoms with van der Waals surface area (Å²) in [4.78, 5) is 23.9. The molecular formula is C14H11Cl2FN2O4. The summed E-state index contributed by atoms with van der Waals surface area (Å²) in [6.45, 7) is 3.00. The Morgan fingerprint density at radius 2 is 2.00 bits per heavy atom. The van der Waals surface area contributed by atoms with Gasteiger partial charge in [0.25, 0.3) is 5.91 Å². The van der Waals surface area contributed by atoms with E-state index in [0.717, 1.165) is 12.1 Å². The number of nitrogens with one attached hydrogen (secondary N) is 1. The fraction of sp³-hybridized carbons (Fsp3) is 0.214. The number of rotatable bonds is 4. The fourth-order valence-corrected chi connectivity index (χ4v) is 2.07. The lowest BCUT2D eigenvalue weighted by Crippen LogP contribution is -2.30. The second-order valence-corrected chi connectivity index (χ2v) is 5.42. The Kier molecular flexibility index (Phi) is 5.23. The number of hydrogen-bond acceptors (Lipinski definition) is 5. The number of carbonyl (C=O) groups excluding carboxylic acids is 2. The van der Waals surface area contributed by atoms with Crippen molar-refractivity contribution >= 4 is 40.9 Å². The van der Waals surface area contributed by atoms with Gasteiger partial charge in [-0.2, -0.15) is 0 Å². The van der Waals surface area contributed by atoms with E-state index in [1.165, 1.54) is 13.0 Å². The molecule has 1 heterocycles. The SMILES string of the molecule is Cc1cc(NC(=O)C(C)OC(=O)c2cc(F)c(Cl)cc2Cl)no1. The van der Waals surface area contributed by atoms with Crippen LogP contribution in [0.1, 0.15) is 23.0 Å². The van der Waals surface area contributed by atoms with Crippen molar-refractivity contribution in [2.45, 2.75) is 20.0 Å². The number of nitrogens with zero attached hydrogens (tertiary/aromatic N) is 1. The number of aryl methyl sites for hydroxylation is 1. The molecule has 1 atom stereocenters. The largest absolute Gasteiger partial charge is 0.449 e. The molecular weight excluding hydrogens is 350 g/mol. The number of halogens is 3. The molecule has 0 saturated carbocycles. The Balaban J connectivity index is 2.04. The molecule has 1 N–H and O–H groups in total. The van der Waals surface area contributed by atoms with Crippen LogP contribution >= 0.6 is 23.2 Å². The van der Waals surface area contributed by atoms with E-state index in [0.29, 0.717) is 5.76 Å². The third kappa shape index (κ3) is 4.20. The molecule has 0 aliphatic carbocycles. The molecule has 2 aromatic rings. The predicted octanol–water partition coefficient (Wildman–Crippen LogP) is 3.61. The lowest BCUT2D eigenvalue weighted by molar-refractivity contribution is -0.123. The molecule has 122 valence electrons. The Bertz CT molecular complexity index is 763. The van der Waals surface area contributed by atoms with Crippen LogP contribution in [0.15, 0.2) is 22.7 Å². The number of esters is 1. The van der Waals surface area contributed by atoms with Crippen LogP contribution in [0, 0.1) is 12.7 Å². The zero-order valence-corrected chi connectivity index (χ0v) is 13.5. The number of hydrogen-bond donors (Lipinski definition) is 1. The van der Waals surface area contributed by atoms with Gasteiger partial charge in [-0.1, -0.05) is 28.4 Å².